The van der Waals surface area contributed by atoms with Gasteiger partial charge in [-0.25, -0.2) is 0 Å². The van der Waals surface area contributed by atoms with Crippen molar-refractivity contribution in [3.8, 4) is 6.07 Å². The Bertz CT molecular complexity index is 601. The molecule has 0 heterocycles. The first kappa shape index (κ1) is 14.8. The smallest absolute Gasteiger partial charge is 0.306 e. The summed E-state index contributed by atoms with van der Waals surface area (Å²) in [5, 5.41) is 31.9. The molecular formula is C14H15N3O4. The zero-order chi connectivity index (χ0) is 15.4. The summed E-state index contributed by atoms with van der Waals surface area (Å²) >= 11 is 0. The zero-order valence-corrected chi connectivity index (χ0v) is 11.3. The number of nitro benzene ring substituents is 1. The van der Waals surface area contributed by atoms with Crippen LogP contribution in [0.5, 0.6) is 0 Å². The number of rotatable bonds is 4. The minimum atomic E-state index is -0.780. The van der Waals surface area contributed by atoms with Gasteiger partial charge in [0.05, 0.1) is 22.5 Å². The average molecular weight is 289 g/mol. The van der Waals surface area contributed by atoms with Crippen molar-refractivity contribution < 1.29 is 14.8 Å². The lowest BCUT2D eigenvalue weighted by Crippen LogP contribution is -2.29. The lowest BCUT2D eigenvalue weighted by Gasteiger charge is -2.27. The second kappa shape index (κ2) is 6.22. The molecule has 0 bridgehead atoms. The van der Waals surface area contributed by atoms with Crippen LogP contribution in [0, 0.1) is 27.4 Å². The van der Waals surface area contributed by atoms with Gasteiger partial charge in [0.2, 0.25) is 0 Å². The molecule has 0 aliphatic heterocycles. The Morgan fingerprint density at radius 2 is 2.05 bits per heavy atom. The Morgan fingerprint density at radius 3 is 2.57 bits per heavy atom. The number of nitrogens with one attached hydrogen (secondary N) is 1. The highest BCUT2D eigenvalue weighted by molar-refractivity contribution is 5.70. The van der Waals surface area contributed by atoms with Crippen LogP contribution < -0.4 is 5.32 Å². The molecule has 0 amide bonds. The highest BCUT2D eigenvalue weighted by Crippen LogP contribution is 2.31. The molecule has 1 fully saturated rings. The summed E-state index contributed by atoms with van der Waals surface area (Å²) in [7, 11) is 0. The molecule has 0 saturated heterocycles. The van der Waals surface area contributed by atoms with Gasteiger partial charge in [-0.05, 0) is 37.8 Å². The zero-order valence-electron chi connectivity index (χ0n) is 11.3. The van der Waals surface area contributed by atoms with E-state index < -0.39 is 10.9 Å². The number of nitrogens with zero attached hydrogens (tertiary/aromatic N) is 2. The number of nitriles is 1. The molecule has 1 aliphatic rings. The highest BCUT2D eigenvalue weighted by Gasteiger charge is 2.27. The topological polar surface area (TPSA) is 116 Å². The van der Waals surface area contributed by atoms with Crippen LogP contribution in [0.15, 0.2) is 18.2 Å². The van der Waals surface area contributed by atoms with E-state index in [2.05, 4.69) is 5.32 Å². The molecule has 1 saturated carbocycles. The van der Waals surface area contributed by atoms with Gasteiger partial charge in [-0.2, -0.15) is 5.26 Å². The van der Waals surface area contributed by atoms with E-state index in [0.29, 0.717) is 31.4 Å². The van der Waals surface area contributed by atoms with E-state index in [9.17, 15) is 14.9 Å². The number of aliphatic carboxylic acids is 1. The summed E-state index contributed by atoms with van der Waals surface area (Å²) in [5.74, 6) is -1.10. The number of hydrogen-bond donors (Lipinski definition) is 2. The van der Waals surface area contributed by atoms with Crippen LogP contribution >= 0.6 is 0 Å². The Balaban J connectivity index is 2.09. The van der Waals surface area contributed by atoms with Crippen LogP contribution in [0.3, 0.4) is 0 Å². The van der Waals surface area contributed by atoms with E-state index in [4.69, 9.17) is 10.4 Å². The summed E-state index contributed by atoms with van der Waals surface area (Å²) in [4.78, 5) is 21.4. The minimum Gasteiger partial charge on any atom is -0.481 e. The molecule has 2 rings (SSSR count). The van der Waals surface area contributed by atoms with Crippen LogP contribution in [0.25, 0.3) is 0 Å². The number of anilines is 1. The lowest BCUT2D eigenvalue weighted by atomic mass is 9.86. The van der Waals surface area contributed by atoms with Gasteiger partial charge in [-0.15, -0.1) is 0 Å². The maximum absolute atomic E-state index is 11.1. The van der Waals surface area contributed by atoms with Gasteiger partial charge in [0, 0.05) is 12.1 Å². The summed E-state index contributed by atoms with van der Waals surface area (Å²) in [5.41, 5.74) is 0.481. The number of benzene rings is 1. The van der Waals surface area contributed by atoms with Crippen molar-refractivity contribution in [2.24, 2.45) is 5.92 Å². The van der Waals surface area contributed by atoms with Crippen LogP contribution in [-0.2, 0) is 4.79 Å². The van der Waals surface area contributed by atoms with E-state index >= 15 is 0 Å². The SMILES string of the molecule is N#Cc1ccc(NC2CCC(C(=O)O)CC2)c([N+](=O)[O-])c1. The molecular weight excluding hydrogens is 274 g/mol. The summed E-state index contributed by atoms with van der Waals surface area (Å²) in [6.45, 7) is 0. The quantitative estimate of drug-likeness (QED) is 0.649. The normalized spacial score (nSPS) is 21.3. The van der Waals surface area contributed by atoms with Crippen molar-refractivity contribution in [2.75, 3.05) is 5.32 Å². The molecule has 2 N–H and O–H groups in total. The van der Waals surface area contributed by atoms with Crippen molar-refractivity contribution in [3.05, 3.63) is 33.9 Å². The molecule has 0 spiro atoms. The van der Waals surface area contributed by atoms with E-state index in [1.807, 2.05) is 6.07 Å². The van der Waals surface area contributed by atoms with E-state index in [1.165, 1.54) is 18.2 Å². The fourth-order valence-electron chi connectivity index (χ4n) is 2.58. The molecule has 1 aromatic rings. The first-order chi connectivity index (χ1) is 10.0. The first-order valence-corrected chi connectivity index (χ1v) is 6.69. The van der Waals surface area contributed by atoms with Gasteiger partial charge in [0.25, 0.3) is 5.69 Å². The number of carboxylic acids is 1. The fraction of sp³-hybridized carbons (Fsp3) is 0.429. The van der Waals surface area contributed by atoms with Crippen molar-refractivity contribution in [1.29, 1.82) is 5.26 Å². The third kappa shape index (κ3) is 3.48. The Hall–Kier alpha value is -2.62. The van der Waals surface area contributed by atoms with Crippen LogP contribution in [0.1, 0.15) is 31.2 Å². The second-order valence-corrected chi connectivity index (χ2v) is 5.13. The Labute approximate surface area is 121 Å². The van der Waals surface area contributed by atoms with Crippen molar-refractivity contribution in [2.45, 2.75) is 31.7 Å². The first-order valence-electron chi connectivity index (χ1n) is 6.69. The third-order valence-corrected chi connectivity index (χ3v) is 3.76. The van der Waals surface area contributed by atoms with E-state index in [1.54, 1.807) is 0 Å². The second-order valence-electron chi connectivity index (χ2n) is 5.13. The van der Waals surface area contributed by atoms with Crippen LogP contribution in [0.4, 0.5) is 11.4 Å². The van der Waals surface area contributed by atoms with Gasteiger partial charge in [-0.1, -0.05) is 0 Å². The molecule has 7 heteroatoms. The maximum atomic E-state index is 11.1. The molecule has 0 unspecified atom stereocenters. The molecule has 0 aromatic heterocycles. The summed E-state index contributed by atoms with van der Waals surface area (Å²) in [6, 6.07) is 6.19. The molecule has 7 nitrogen and oxygen atoms in total. The van der Waals surface area contributed by atoms with E-state index in [0.717, 1.165) is 0 Å². The van der Waals surface area contributed by atoms with Gasteiger partial charge in [-0.3, -0.25) is 14.9 Å². The number of hydrogen-bond acceptors (Lipinski definition) is 5. The van der Waals surface area contributed by atoms with Gasteiger partial charge in [0.1, 0.15) is 5.69 Å². The predicted octanol–water partition coefficient (Wildman–Crippen LogP) is 2.52. The van der Waals surface area contributed by atoms with Crippen molar-refractivity contribution in [3.63, 3.8) is 0 Å². The van der Waals surface area contributed by atoms with Crippen LogP contribution in [-0.4, -0.2) is 22.0 Å². The van der Waals surface area contributed by atoms with Gasteiger partial charge < -0.3 is 10.4 Å². The minimum absolute atomic E-state index is 0.0206. The summed E-state index contributed by atoms with van der Waals surface area (Å²) in [6.07, 6.45) is 2.45. The highest BCUT2D eigenvalue weighted by atomic mass is 16.6. The molecule has 110 valence electrons. The fourth-order valence-corrected chi connectivity index (χ4v) is 2.58. The Morgan fingerprint density at radius 1 is 1.38 bits per heavy atom. The molecule has 21 heavy (non-hydrogen) atoms. The number of carbonyl (C=O) groups is 1. The Kier molecular flexibility index (Phi) is 4.38. The monoisotopic (exact) mass is 289 g/mol. The predicted molar refractivity (Wildman–Crippen MR) is 74.8 cm³/mol. The number of carboxylic acid groups (broad SMARTS) is 1. The number of nitro groups is 1. The summed E-state index contributed by atoms with van der Waals surface area (Å²) < 4.78 is 0. The molecule has 1 aromatic carbocycles. The maximum Gasteiger partial charge on any atom is 0.306 e. The molecule has 1 aliphatic carbocycles. The van der Waals surface area contributed by atoms with Crippen molar-refractivity contribution in [1.82, 2.24) is 0 Å². The third-order valence-electron chi connectivity index (χ3n) is 3.76. The van der Waals surface area contributed by atoms with Crippen LogP contribution in [0.2, 0.25) is 0 Å². The lowest BCUT2D eigenvalue weighted by molar-refractivity contribution is -0.384. The van der Waals surface area contributed by atoms with E-state index in [-0.39, 0.29) is 23.2 Å². The molecule has 0 atom stereocenters. The largest absolute Gasteiger partial charge is 0.481 e. The van der Waals surface area contributed by atoms with Gasteiger partial charge >= 0.3 is 5.97 Å². The standard InChI is InChI=1S/C14H15N3O4/c15-8-9-1-6-12(13(7-9)17(20)21)16-11-4-2-10(3-5-11)14(18)19/h1,6-7,10-11,16H,2-5H2,(H,18,19). The average Bonchev–Trinajstić information content (AvgIpc) is 2.48. The van der Waals surface area contributed by atoms with Gasteiger partial charge in [0.15, 0.2) is 0 Å². The molecule has 0 radical (unpaired) electrons. The van der Waals surface area contributed by atoms with Crippen molar-refractivity contribution >= 4 is 17.3 Å².